The Hall–Kier alpha value is -1.77. The molecule has 0 fully saturated rings. The van der Waals surface area contributed by atoms with E-state index in [-0.39, 0.29) is 17.0 Å². The second kappa shape index (κ2) is 5.21. The molecule has 1 aromatic heterocycles. The van der Waals surface area contributed by atoms with Crippen LogP contribution in [0.4, 0.5) is 4.39 Å². The average molecular weight is 287 g/mol. The third kappa shape index (κ3) is 2.69. The molecule has 0 spiro atoms. The summed E-state index contributed by atoms with van der Waals surface area (Å²) >= 11 is 0. The van der Waals surface area contributed by atoms with Crippen molar-refractivity contribution >= 4 is 16.7 Å². The third-order valence-corrected chi connectivity index (χ3v) is 4.00. The Morgan fingerprint density at radius 1 is 1.24 bits per heavy atom. The number of nitrogens with zero attached hydrogens (tertiary/aromatic N) is 1. The number of fused-ring (bicyclic) bond motifs is 1. The lowest BCUT2D eigenvalue weighted by molar-refractivity contribution is 0.0989. The van der Waals surface area contributed by atoms with Crippen LogP contribution in [-0.4, -0.2) is 10.8 Å². The second-order valence-corrected chi connectivity index (χ2v) is 6.58. The standard InChI is InChI=1S/C18H22FNO/c1-7-15(21)16-10(2)11(3)20-17-13(16)8-12(9-14(17)19)18(4,5)6/h8-9H,7H2,1-6H3. The Morgan fingerprint density at radius 2 is 1.86 bits per heavy atom. The first-order valence-electron chi connectivity index (χ1n) is 7.31. The maximum atomic E-state index is 14.5. The number of hydrogen-bond donors (Lipinski definition) is 0. The Bertz CT molecular complexity index is 726. The van der Waals surface area contributed by atoms with Crippen LogP contribution >= 0.6 is 0 Å². The van der Waals surface area contributed by atoms with Crippen molar-refractivity contribution < 1.29 is 9.18 Å². The largest absolute Gasteiger partial charge is 0.294 e. The highest BCUT2D eigenvalue weighted by molar-refractivity contribution is 6.08. The molecule has 0 saturated carbocycles. The maximum absolute atomic E-state index is 14.5. The summed E-state index contributed by atoms with van der Waals surface area (Å²) in [5.41, 5.74) is 3.16. The summed E-state index contributed by atoms with van der Waals surface area (Å²) < 4.78 is 14.5. The third-order valence-electron chi connectivity index (χ3n) is 4.00. The smallest absolute Gasteiger partial charge is 0.163 e. The molecule has 0 aliphatic carbocycles. The van der Waals surface area contributed by atoms with E-state index in [1.54, 1.807) is 0 Å². The number of ketones is 1. The Labute approximate surface area is 125 Å². The fourth-order valence-corrected chi connectivity index (χ4v) is 2.51. The molecule has 0 N–H and O–H groups in total. The van der Waals surface area contributed by atoms with Gasteiger partial charge >= 0.3 is 0 Å². The van der Waals surface area contributed by atoms with Crippen molar-refractivity contribution in [3.63, 3.8) is 0 Å². The molecule has 112 valence electrons. The number of benzene rings is 1. The number of carbonyl (C=O) groups is 1. The van der Waals surface area contributed by atoms with Gasteiger partial charge < -0.3 is 0 Å². The summed E-state index contributed by atoms with van der Waals surface area (Å²) in [4.78, 5) is 16.7. The minimum atomic E-state index is -0.356. The number of rotatable bonds is 2. The quantitative estimate of drug-likeness (QED) is 0.737. The van der Waals surface area contributed by atoms with Gasteiger partial charge in [-0.1, -0.05) is 27.7 Å². The van der Waals surface area contributed by atoms with Crippen LogP contribution in [0.2, 0.25) is 0 Å². The number of halogens is 1. The van der Waals surface area contributed by atoms with Gasteiger partial charge in [0, 0.05) is 23.1 Å². The van der Waals surface area contributed by atoms with E-state index in [1.165, 1.54) is 6.07 Å². The van der Waals surface area contributed by atoms with Crippen LogP contribution < -0.4 is 0 Å². The molecule has 1 aromatic carbocycles. The molecule has 2 nitrogen and oxygen atoms in total. The molecule has 0 aliphatic rings. The zero-order valence-corrected chi connectivity index (χ0v) is 13.6. The van der Waals surface area contributed by atoms with Crippen molar-refractivity contribution in [2.45, 2.75) is 53.4 Å². The molecular weight excluding hydrogens is 265 g/mol. The van der Waals surface area contributed by atoms with E-state index < -0.39 is 0 Å². The van der Waals surface area contributed by atoms with Crippen molar-refractivity contribution in [3.05, 3.63) is 40.3 Å². The molecule has 21 heavy (non-hydrogen) atoms. The molecule has 0 radical (unpaired) electrons. The van der Waals surface area contributed by atoms with Crippen LogP contribution in [-0.2, 0) is 5.41 Å². The predicted octanol–water partition coefficient (Wildman–Crippen LogP) is 4.88. The topological polar surface area (TPSA) is 30.0 Å². The van der Waals surface area contributed by atoms with Gasteiger partial charge in [-0.05, 0) is 42.5 Å². The van der Waals surface area contributed by atoms with Crippen LogP contribution in [0, 0.1) is 19.7 Å². The van der Waals surface area contributed by atoms with E-state index in [4.69, 9.17) is 0 Å². The monoisotopic (exact) mass is 287 g/mol. The molecule has 0 atom stereocenters. The van der Waals surface area contributed by atoms with E-state index in [0.717, 1.165) is 11.1 Å². The molecule has 0 aliphatic heterocycles. The van der Waals surface area contributed by atoms with E-state index in [9.17, 15) is 9.18 Å². The zero-order valence-electron chi connectivity index (χ0n) is 13.6. The van der Waals surface area contributed by atoms with E-state index in [0.29, 0.717) is 28.6 Å². The van der Waals surface area contributed by atoms with Crippen LogP contribution in [0.3, 0.4) is 0 Å². The van der Waals surface area contributed by atoms with Crippen molar-refractivity contribution in [2.75, 3.05) is 0 Å². The van der Waals surface area contributed by atoms with Crippen LogP contribution in [0.5, 0.6) is 0 Å². The summed E-state index contributed by atoms with van der Waals surface area (Å²) in [6.07, 6.45) is 0.404. The second-order valence-electron chi connectivity index (χ2n) is 6.58. The minimum Gasteiger partial charge on any atom is -0.294 e. The summed E-state index contributed by atoms with van der Waals surface area (Å²) in [5, 5.41) is 0.634. The Morgan fingerprint density at radius 3 is 2.38 bits per heavy atom. The van der Waals surface area contributed by atoms with Crippen LogP contribution in [0.25, 0.3) is 10.9 Å². The first-order chi connectivity index (χ1) is 9.66. The molecule has 0 amide bonds. The van der Waals surface area contributed by atoms with E-state index in [2.05, 4.69) is 4.98 Å². The number of hydrogen-bond acceptors (Lipinski definition) is 2. The first-order valence-corrected chi connectivity index (χ1v) is 7.31. The Balaban J connectivity index is 2.95. The summed E-state index contributed by atoms with van der Waals surface area (Å²) in [6.45, 7) is 11.6. The predicted molar refractivity (Wildman–Crippen MR) is 84.5 cm³/mol. The summed E-state index contributed by atoms with van der Waals surface area (Å²) in [6, 6.07) is 3.45. The lowest BCUT2D eigenvalue weighted by Gasteiger charge is -2.21. The van der Waals surface area contributed by atoms with Gasteiger partial charge in [0.25, 0.3) is 0 Å². The molecule has 3 heteroatoms. The molecule has 0 unspecified atom stereocenters. The van der Waals surface area contributed by atoms with Crippen LogP contribution in [0.1, 0.15) is 61.3 Å². The molecular formula is C18H22FNO. The number of aryl methyl sites for hydroxylation is 1. The normalized spacial score (nSPS) is 12.0. The van der Waals surface area contributed by atoms with Gasteiger partial charge in [0.05, 0.1) is 0 Å². The molecule has 2 aromatic rings. The van der Waals surface area contributed by atoms with Gasteiger partial charge in [-0.3, -0.25) is 4.79 Å². The molecule has 1 heterocycles. The fourth-order valence-electron chi connectivity index (χ4n) is 2.51. The SMILES string of the molecule is CCC(=O)c1c(C)c(C)nc2c(F)cc(C(C)(C)C)cc12. The van der Waals surface area contributed by atoms with Gasteiger partial charge in [-0.25, -0.2) is 9.37 Å². The van der Waals surface area contributed by atoms with Crippen molar-refractivity contribution in [3.8, 4) is 0 Å². The van der Waals surface area contributed by atoms with Crippen molar-refractivity contribution in [1.29, 1.82) is 0 Å². The van der Waals surface area contributed by atoms with Crippen molar-refractivity contribution in [2.24, 2.45) is 0 Å². The fraction of sp³-hybridized carbons (Fsp3) is 0.444. The van der Waals surface area contributed by atoms with E-state index >= 15 is 0 Å². The van der Waals surface area contributed by atoms with Gasteiger partial charge in [0.1, 0.15) is 11.3 Å². The number of Topliss-reactive ketones (excluding diaryl/α,β-unsaturated/α-hetero) is 1. The van der Waals surface area contributed by atoms with Gasteiger partial charge in [-0.2, -0.15) is 0 Å². The Kier molecular flexibility index (Phi) is 3.87. The summed E-state index contributed by atoms with van der Waals surface area (Å²) in [7, 11) is 0. The van der Waals surface area contributed by atoms with Gasteiger partial charge in [0.15, 0.2) is 5.78 Å². The number of aromatic nitrogens is 1. The van der Waals surface area contributed by atoms with Gasteiger partial charge in [0.2, 0.25) is 0 Å². The first kappa shape index (κ1) is 15.6. The highest BCUT2D eigenvalue weighted by Gasteiger charge is 2.21. The molecule has 0 saturated heterocycles. The summed E-state index contributed by atoms with van der Waals surface area (Å²) in [5.74, 6) is -0.320. The van der Waals surface area contributed by atoms with Crippen molar-refractivity contribution in [1.82, 2.24) is 4.98 Å². The zero-order chi connectivity index (χ0) is 15.9. The van der Waals surface area contributed by atoms with Crippen LogP contribution in [0.15, 0.2) is 12.1 Å². The van der Waals surface area contributed by atoms with E-state index in [1.807, 2.05) is 47.6 Å². The highest BCUT2D eigenvalue weighted by atomic mass is 19.1. The lowest BCUT2D eigenvalue weighted by atomic mass is 9.85. The highest BCUT2D eigenvalue weighted by Crippen LogP contribution is 2.31. The number of pyridine rings is 1. The van der Waals surface area contributed by atoms with Gasteiger partial charge in [-0.15, -0.1) is 0 Å². The minimum absolute atomic E-state index is 0.0356. The molecule has 0 bridgehead atoms. The average Bonchev–Trinajstić information content (AvgIpc) is 2.39. The number of carbonyl (C=O) groups excluding carboxylic acids is 1. The molecule has 2 rings (SSSR count). The maximum Gasteiger partial charge on any atom is 0.163 e. The lowest BCUT2D eigenvalue weighted by Crippen LogP contribution is -2.13.